The van der Waals surface area contributed by atoms with Crippen LogP contribution in [0.4, 0.5) is 4.79 Å². The van der Waals surface area contributed by atoms with Gasteiger partial charge in [0.15, 0.2) is 11.7 Å². The Hall–Kier alpha value is -1.52. The number of ether oxygens (including phenoxy) is 1. The van der Waals surface area contributed by atoms with Crippen LogP contribution in [0.15, 0.2) is 15.6 Å². The number of aryl methyl sites for hydroxylation is 1. The number of carbonyl (C=O) groups excluding carboxylic acids is 1. The van der Waals surface area contributed by atoms with E-state index in [1.807, 2.05) is 33.8 Å². The Morgan fingerprint density at radius 2 is 2.22 bits per heavy atom. The number of amides is 1. The summed E-state index contributed by atoms with van der Waals surface area (Å²) in [7, 11) is 1.72. The molecule has 1 aliphatic heterocycles. The van der Waals surface area contributed by atoms with Gasteiger partial charge in [-0.1, -0.05) is 12.1 Å². The topological polar surface area (TPSA) is 92.0 Å². The van der Waals surface area contributed by atoms with E-state index in [0.717, 1.165) is 37.3 Å². The van der Waals surface area contributed by atoms with Crippen LogP contribution in [0.25, 0.3) is 0 Å². The van der Waals surface area contributed by atoms with Crippen LogP contribution in [-0.2, 0) is 17.7 Å². The summed E-state index contributed by atoms with van der Waals surface area (Å²) in [5.41, 5.74) is 0.453. The predicted molar refractivity (Wildman–Crippen MR) is 115 cm³/mol. The molecule has 0 aromatic carbocycles. The summed E-state index contributed by atoms with van der Waals surface area (Å²) in [6.07, 6.45) is 2.48. The largest absolute Gasteiger partial charge is 0.444 e. The highest BCUT2D eigenvalue weighted by Gasteiger charge is 2.28. The Labute approximate surface area is 178 Å². The summed E-state index contributed by atoms with van der Waals surface area (Å²) >= 11 is 0. The van der Waals surface area contributed by atoms with Crippen molar-refractivity contribution in [3.63, 3.8) is 0 Å². The second kappa shape index (κ2) is 10.7. The molecule has 9 heteroatoms. The number of hydrogen-bond acceptors (Lipinski definition) is 5. The summed E-state index contributed by atoms with van der Waals surface area (Å²) < 4.78 is 10.7. The molecule has 0 saturated carbocycles. The van der Waals surface area contributed by atoms with Crippen LogP contribution in [0.3, 0.4) is 0 Å². The van der Waals surface area contributed by atoms with E-state index in [0.29, 0.717) is 19.0 Å². The number of rotatable bonds is 4. The van der Waals surface area contributed by atoms with Crippen molar-refractivity contribution >= 4 is 36.0 Å². The van der Waals surface area contributed by atoms with Gasteiger partial charge < -0.3 is 24.8 Å². The molecule has 154 valence electrons. The van der Waals surface area contributed by atoms with E-state index >= 15 is 0 Å². The lowest BCUT2D eigenvalue weighted by Crippen LogP contribution is -2.53. The van der Waals surface area contributed by atoms with E-state index in [2.05, 4.69) is 20.8 Å². The van der Waals surface area contributed by atoms with Crippen molar-refractivity contribution in [2.24, 2.45) is 4.99 Å². The average molecular weight is 493 g/mol. The molecule has 1 aromatic rings. The number of likely N-dealkylation sites (tertiary alicyclic amines) is 1. The molecular weight excluding hydrogens is 461 g/mol. The highest BCUT2D eigenvalue weighted by molar-refractivity contribution is 14.0. The van der Waals surface area contributed by atoms with Crippen molar-refractivity contribution in [2.45, 2.75) is 65.1 Å². The standard InChI is InChI=1S/C18H31N5O3.HI/c1-6-13-10-15(26-22-13)11-20-16(19-5)21-14-8-7-9-23(12-14)17(24)25-18(2,3)4;/h10,14H,6-9,11-12H2,1-5H3,(H2,19,20,21);1H. The monoisotopic (exact) mass is 493 g/mol. The highest BCUT2D eigenvalue weighted by Crippen LogP contribution is 2.15. The lowest BCUT2D eigenvalue weighted by molar-refractivity contribution is 0.0193. The van der Waals surface area contributed by atoms with Crippen molar-refractivity contribution in [2.75, 3.05) is 20.1 Å². The Balaban J connectivity index is 0.00000364. The number of aromatic nitrogens is 1. The second-order valence-corrected chi connectivity index (χ2v) is 7.47. The molecule has 0 bridgehead atoms. The molecule has 1 aromatic heterocycles. The third-order valence-electron chi connectivity index (χ3n) is 4.04. The highest BCUT2D eigenvalue weighted by atomic mass is 127. The first kappa shape index (κ1) is 23.5. The number of hydrogen-bond donors (Lipinski definition) is 2. The fourth-order valence-electron chi connectivity index (χ4n) is 2.75. The Morgan fingerprint density at radius 1 is 1.48 bits per heavy atom. The zero-order chi connectivity index (χ0) is 19.2. The Bertz CT molecular complexity index is 627. The second-order valence-electron chi connectivity index (χ2n) is 7.47. The lowest BCUT2D eigenvalue weighted by atomic mass is 10.1. The molecule has 0 aliphatic carbocycles. The van der Waals surface area contributed by atoms with Gasteiger partial charge in [-0.3, -0.25) is 4.99 Å². The number of halogens is 1. The van der Waals surface area contributed by atoms with Crippen LogP contribution in [-0.4, -0.2) is 53.9 Å². The number of piperidine rings is 1. The maximum absolute atomic E-state index is 12.3. The zero-order valence-corrected chi connectivity index (χ0v) is 19.2. The molecule has 1 amide bonds. The van der Waals surface area contributed by atoms with Gasteiger partial charge in [-0.15, -0.1) is 24.0 Å². The minimum absolute atomic E-state index is 0. The molecule has 2 heterocycles. The van der Waals surface area contributed by atoms with E-state index in [1.165, 1.54) is 0 Å². The quantitative estimate of drug-likeness (QED) is 0.381. The summed E-state index contributed by atoms with van der Waals surface area (Å²) in [6.45, 7) is 9.50. The molecule has 0 radical (unpaired) electrons. The van der Waals surface area contributed by atoms with Gasteiger partial charge in [-0.25, -0.2) is 4.79 Å². The molecule has 1 saturated heterocycles. The molecule has 1 atom stereocenters. The zero-order valence-electron chi connectivity index (χ0n) is 16.9. The maximum atomic E-state index is 12.3. The first-order chi connectivity index (χ1) is 12.3. The Kier molecular flexibility index (Phi) is 9.34. The number of aliphatic imine (C=N–C) groups is 1. The van der Waals surface area contributed by atoms with Crippen molar-refractivity contribution in [1.29, 1.82) is 0 Å². The first-order valence-corrected chi connectivity index (χ1v) is 9.20. The predicted octanol–water partition coefficient (Wildman–Crippen LogP) is 2.92. The minimum atomic E-state index is -0.483. The fourth-order valence-corrected chi connectivity index (χ4v) is 2.75. The van der Waals surface area contributed by atoms with Gasteiger partial charge in [0.1, 0.15) is 5.60 Å². The van der Waals surface area contributed by atoms with Crippen molar-refractivity contribution < 1.29 is 14.1 Å². The van der Waals surface area contributed by atoms with Gasteiger partial charge in [-0.2, -0.15) is 0 Å². The number of nitrogens with zero attached hydrogens (tertiary/aromatic N) is 3. The first-order valence-electron chi connectivity index (χ1n) is 9.20. The van der Waals surface area contributed by atoms with Crippen LogP contribution < -0.4 is 10.6 Å². The van der Waals surface area contributed by atoms with Gasteiger partial charge >= 0.3 is 6.09 Å². The summed E-state index contributed by atoms with van der Waals surface area (Å²) in [4.78, 5) is 18.3. The van der Waals surface area contributed by atoms with Gasteiger partial charge in [0, 0.05) is 32.2 Å². The summed E-state index contributed by atoms with van der Waals surface area (Å²) in [6, 6.07) is 2.06. The molecule has 27 heavy (non-hydrogen) atoms. The fraction of sp³-hybridized carbons (Fsp3) is 0.722. The molecule has 1 aliphatic rings. The van der Waals surface area contributed by atoms with Gasteiger partial charge in [0.05, 0.1) is 12.2 Å². The van der Waals surface area contributed by atoms with Crippen molar-refractivity contribution in [1.82, 2.24) is 20.7 Å². The SMILES string of the molecule is CCc1cc(CNC(=NC)NC2CCCN(C(=O)OC(C)(C)C)C2)on1.I. The van der Waals surface area contributed by atoms with Crippen LogP contribution in [0.5, 0.6) is 0 Å². The van der Waals surface area contributed by atoms with Gasteiger partial charge in [0.25, 0.3) is 0 Å². The van der Waals surface area contributed by atoms with Crippen LogP contribution in [0.2, 0.25) is 0 Å². The van der Waals surface area contributed by atoms with Gasteiger partial charge in [-0.05, 0) is 40.0 Å². The molecular formula is C18H32IN5O3. The third kappa shape index (κ3) is 7.94. The number of guanidine groups is 1. The van der Waals surface area contributed by atoms with E-state index in [4.69, 9.17) is 9.26 Å². The Morgan fingerprint density at radius 3 is 2.81 bits per heavy atom. The average Bonchev–Trinajstić information content (AvgIpc) is 3.05. The maximum Gasteiger partial charge on any atom is 0.410 e. The van der Waals surface area contributed by atoms with E-state index in [-0.39, 0.29) is 36.1 Å². The van der Waals surface area contributed by atoms with E-state index in [1.54, 1.807) is 11.9 Å². The molecule has 1 unspecified atom stereocenters. The molecule has 8 nitrogen and oxygen atoms in total. The molecule has 1 fully saturated rings. The van der Waals surface area contributed by atoms with Crippen molar-refractivity contribution in [3.8, 4) is 0 Å². The molecule has 0 spiro atoms. The number of nitrogens with one attached hydrogen (secondary N) is 2. The normalized spacial score (nSPS) is 17.9. The minimum Gasteiger partial charge on any atom is -0.444 e. The van der Waals surface area contributed by atoms with Crippen LogP contribution in [0, 0.1) is 0 Å². The smallest absolute Gasteiger partial charge is 0.410 e. The van der Waals surface area contributed by atoms with E-state index < -0.39 is 5.60 Å². The lowest BCUT2D eigenvalue weighted by Gasteiger charge is -2.35. The summed E-state index contributed by atoms with van der Waals surface area (Å²) in [5, 5.41) is 10.6. The number of carbonyl (C=O) groups is 1. The molecule has 2 rings (SSSR count). The van der Waals surface area contributed by atoms with Crippen LogP contribution >= 0.6 is 24.0 Å². The van der Waals surface area contributed by atoms with Crippen LogP contribution in [0.1, 0.15) is 52.0 Å². The summed E-state index contributed by atoms with van der Waals surface area (Å²) in [5.74, 6) is 1.44. The van der Waals surface area contributed by atoms with Crippen molar-refractivity contribution in [3.05, 3.63) is 17.5 Å². The third-order valence-corrected chi connectivity index (χ3v) is 4.04. The van der Waals surface area contributed by atoms with Gasteiger partial charge in [0.2, 0.25) is 0 Å². The molecule has 2 N–H and O–H groups in total. The van der Waals surface area contributed by atoms with E-state index in [9.17, 15) is 4.79 Å².